The zero-order valence-electron chi connectivity index (χ0n) is 24.3. The van der Waals surface area contributed by atoms with E-state index < -0.39 is 23.1 Å². The molecular weight excluding hydrogens is 584 g/mol. The summed E-state index contributed by atoms with van der Waals surface area (Å²) in [5.74, 6) is -1.07. The highest BCUT2D eigenvalue weighted by molar-refractivity contribution is 8.18. The summed E-state index contributed by atoms with van der Waals surface area (Å²) < 4.78 is 5.27. The fourth-order valence-corrected chi connectivity index (χ4v) is 5.80. The topological polar surface area (TPSA) is 164 Å². The van der Waals surface area contributed by atoms with Crippen LogP contribution in [0.1, 0.15) is 57.3 Å². The largest absolute Gasteiger partial charge is 0.478 e. The Labute approximate surface area is 258 Å². The van der Waals surface area contributed by atoms with E-state index in [4.69, 9.17) is 4.74 Å². The predicted molar refractivity (Wildman–Crippen MR) is 165 cm³/mol. The smallest absolute Gasteiger partial charge is 0.340 e. The summed E-state index contributed by atoms with van der Waals surface area (Å²) >= 11 is 0.854. The minimum Gasteiger partial charge on any atom is -0.478 e. The number of rotatable bonds is 10. The number of carbonyl (C=O) groups excluding carboxylic acids is 3. The van der Waals surface area contributed by atoms with E-state index in [1.54, 1.807) is 49.7 Å². The number of thioether (sulfide) groups is 1. The first-order chi connectivity index (χ1) is 21.2. The molecule has 0 aliphatic carbocycles. The number of piperidine rings is 1. The molecule has 228 valence electrons. The van der Waals surface area contributed by atoms with Crippen molar-refractivity contribution in [2.75, 3.05) is 31.1 Å². The summed E-state index contributed by atoms with van der Waals surface area (Å²) in [5, 5.41) is 15.0. The number of ether oxygens (including phenoxy) is 1. The van der Waals surface area contributed by atoms with E-state index in [0.717, 1.165) is 55.4 Å². The molecular formula is C31H32N6O6S. The van der Waals surface area contributed by atoms with Crippen LogP contribution in [0.2, 0.25) is 0 Å². The van der Waals surface area contributed by atoms with Gasteiger partial charge in [0.25, 0.3) is 11.1 Å². The number of nitrogens with zero attached hydrogens (tertiary/aromatic N) is 4. The second-order valence-electron chi connectivity index (χ2n) is 10.5. The molecule has 13 heteroatoms. The zero-order chi connectivity index (χ0) is 31.2. The van der Waals surface area contributed by atoms with Crippen molar-refractivity contribution in [1.82, 2.24) is 25.6 Å². The van der Waals surface area contributed by atoms with Gasteiger partial charge in [-0.05, 0) is 86.8 Å². The Morgan fingerprint density at radius 3 is 2.66 bits per heavy atom. The number of carbonyl (C=O) groups is 4. The summed E-state index contributed by atoms with van der Waals surface area (Å²) in [5.41, 5.74) is 3.15. The molecule has 2 aliphatic rings. The Bertz CT molecular complexity index is 1640. The number of anilines is 1. The van der Waals surface area contributed by atoms with Crippen molar-refractivity contribution in [1.29, 1.82) is 0 Å². The van der Waals surface area contributed by atoms with E-state index in [-0.39, 0.29) is 23.4 Å². The third-order valence-corrected chi connectivity index (χ3v) is 8.16. The van der Waals surface area contributed by atoms with Crippen molar-refractivity contribution in [3.8, 4) is 11.3 Å². The highest BCUT2D eigenvalue weighted by Gasteiger charge is 2.26. The third-order valence-electron chi connectivity index (χ3n) is 7.35. The molecule has 2 aliphatic heterocycles. The maximum Gasteiger partial charge on any atom is 0.340 e. The number of nitrogens with one attached hydrogen (secondary N) is 2. The average Bonchev–Trinajstić information content (AvgIpc) is 3.33. The van der Waals surface area contributed by atoms with Gasteiger partial charge in [-0.3, -0.25) is 19.9 Å². The van der Waals surface area contributed by atoms with Gasteiger partial charge in [-0.2, -0.15) is 0 Å². The number of hydrogen-bond donors (Lipinski definition) is 3. The molecule has 0 atom stereocenters. The van der Waals surface area contributed by atoms with Crippen LogP contribution in [0, 0.1) is 12.8 Å². The molecule has 2 amide bonds. The van der Waals surface area contributed by atoms with Crippen LogP contribution >= 0.6 is 11.8 Å². The predicted octanol–water partition coefficient (Wildman–Crippen LogP) is 4.05. The molecule has 1 aromatic carbocycles. The molecule has 0 saturated carbocycles. The van der Waals surface area contributed by atoms with Crippen molar-refractivity contribution < 1.29 is 29.0 Å². The molecule has 3 N–H and O–H groups in total. The number of imide groups is 1. The van der Waals surface area contributed by atoms with E-state index in [2.05, 4.69) is 30.5 Å². The zero-order valence-corrected chi connectivity index (χ0v) is 25.1. The molecule has 0 spiro atoms. The van der Waals surface area contributed by atoms with Gasteiger partial charge < -0.3 is 20.1 Å². The summed E-state index contributed by atoms with van der Waals surface area (Å²) in [6.07, 6.45) is 6.74. The number of amides is 2. The lowest BCUT2D eigenvalue weighted by Crippen LogP contribution is -2.38. The molecule has 2 saturated heterocycles. The van der Waals surface area contributed by atoms with Crippen molar-refractivity contribution in [2.24, 2.45) is 5.92 Å². The fourth-order valence-electron chi connectivity index (χ4n) is 5.13. The van der Waals surface area contributed by atoms with Gasteiger partial charge in [0.05, 0.1) is 34.0 Å². The molecule has 44 heavy (non-hydrogen) atoms. The Kier molecular flexibility index (Phi) is 9.65. The number of aromatic carboxylic acids is 1. The lowest BCUT2D eigenvalue weighted by atomic mass is 9.96. The first-order valence-corrected chi connectivity index (χ1v) is 15.1. The van der Waals surface area contributed by atoms with Crippen LogP contribution in [-0.2, 0) is 16.1 Å². The van der Waals surface area contributed by atoms with Crippen molar-refractivity contribution >= 4 is 46.9 Å². The van der Waals surface area contributed by atoms with Crippen LogP contribution in [0.5, 0.6) is 0 Å². The van der Waals surface area contributed by atoms with Crippen molar-refractivity contribution in [3.05, 3.63) is 75.6 Å². The quantitative estimate of drug-likeness (QED) is 0.221. The third kappa shape index (κ3) is 7.29. The van der Waals surface area contributed by atoms with E-state index >= 15 is 0 Å². The van der Waals surface area contributed by atoms with Crippen molar-refractivity contribution in [2.45, 2.75) is 33.2 Å². The lowest BCUT2D eigenvalue weighted by Gasteiger charge is -2.32. The molecule has 5 rings (SSSR count). The van der Waals surface area contributed by atoms with Gasteiger partial charge in [-0.1, -0.05) is 11.6 Å². The number of esters is 1. The Balaban J connectivity index is 1.20. The van der Waals surface area contributed by atoms with Crippen LogP contribution in [0.15, 0.2) is 47.6 Å². The number of carboxylic acids is 1. The highest BCUT2D eigenvalue weighted by atomic mass is 32.2. The fraction of sp³-hybridized carbons (Fsp3) is 0.323. The number of pyridine rings is 1. The van der Waals surface area contributed by atoms with Gasteiger partial charge in [0.2, 0.25) is 5.95 Å². The SMILES string of the molecule is CCOC(=O)c1cc(CNCC2CCN(c3nccc(/C=C4\SC(=O)NC4=O)n3)CC2)cnc1-c1cc(C)ccc1C(=O)O. The Morgan fingerprint density at radius 2 is 1.95 bits per heavy atom. The first-order valence-electron chi connectivity index (χ1n) is 14.3. The van der Waals surface area contributed by atoms with Crippen LogP contribution in [0.4, 0.5) is 10.7 Å². The number of hydrogen-bond acceptors (Lipinski definition) is 11. The average molecular weight is 617 g/mol. The Morgan fingerprint density at radius 1 is 1.16 bits per heavy atom. The number of carboxylic acid groups (broad SMARTS) is 1. The van der Waals surface area contributed by atoms with Crippen molar-refractivity contribution in [3.63, 3.8) is 0 Å². The number of benzene rings is 1. The molecule has 0 radical (unpaired) electrons. The monoisotopic (exact) mass is 616 g/mol. The van der Waals surface area contributed by atoms with Gasteiger partial charge >= 0.3 is 11.9 Å². The van der Waals surface area contributed by atoms with Crippen LogP contribution in [0.3, 0.4) is 0 Å². The minimum atomic E-state index is -1.10. The molecule has 2 fully saturated rings. The minimum absolute atomic E-state index is 0.0664. The van der Waals surface area contributed by atoms with E-state index in [1.807, 2.05) is 6.92 Å². The summed E-state index contributed by atoms with van der Waals surface area (Å²) in [6.45, 7) is 6.54. The van der Waals surface area contributed by atoms with Gasteiger partial charge in [0.15, 0.2) is 0 Å². The maximum atomic E-state index is 12.9. The molecule has 4 heterocycles. The van der Waals surface area contributed by atoms with E-state index in [9.17, 15) is 24.3 Å². The first kappa shape index (κ1) is 30.8. The number of aryl methyl sites for hydroxylation is 1. The number of aromatic nitrogens is 3. The maximum absolute atomic E-state index is 12.9. The molecule has 0 bridgehead atoms. The second-order valence-corrected chi connectivity index (χ2v) is 11.5. The van der Waals surface area contributed by atoms with Crippen LogP contribution in [0.25, 0.3) is 17.3 Å². The van der Waals surface area contributed by atoms with E-state index in [1.165, 1.54) is 6.07 Å². The summed E-state index contributed by atoms with van der Waals surface area (Å²) in [6, 6.07) is 8.36. The van der Waals surface area contributed by atoms with Gasteiger partial charge in [0.1, 0.15) is 0 Å². The molecule has 0 unspecified atom stereocenters. The van der Waals surface area contributed by atoms with Gasteiger partial charge in [-0.15, -0.1) is 0 Å². The normalized spacial score (nSPS) is 16.3. The Hall–Kier alpha value is -4.62. The van der Waals surface area contributed by atoms with Crippen LogP contribution in [-0.4, -0.2) is 69.4 Å². The highest BCUT2D eigenvalue weighted by Crippen LogP contribution is 2.29. The van der Waals surface area contributed by atoms with Gasteiger partial charge in [0, 0.05) is 37.6 Å². The second kappa shape index (κ2) is 13.8. The summed E-state index contributed by atoms with van der Waals surface area (Å²) in [7, 11) is 0. The summed E-state index contributed by atoms with van der Waals surface area (Å²) in [4.78, 5) is 64.0. The molecule has 12 nitrogen and oxygen atoms in total. The molecule has 2 aromatic heterocycles. The van der Waals surface area contributed by atoms with Crippen LogP contribution < -0.4 is 15.5 Å². The van der Waals surface area contributed by atoms with E-state index in [0.29, 0.717) is 34.6 Å². The van der Waals surface area contributed by atoms with Gasteiger partial charge in [-0.25, -0.2) is 19.6 Å². The molecule has 3 aromatic rings. The standard InChI is InChI=1S/C31H32N6O6S/c1-3-43-29(41)24-13-20(17-34-26(24)23-12-18(2)4-5-22(23)28(39)40)16-32-15-19-7-10-37(11-8-19)30-33-9-6-21(35-30)14-25-27(38)36-31(42)44-25/h4-6,9,12-14,17,19,32H,3,7-8,10-11,15-16H2,1-2H3,(H,39,40)(H,36,38,42)/b25-14-. The lowest BCUT2D eigenvalue weighted by molar-refractivity contribution is -0.115.